The number of aryl methyl sites for hydroxylation is 1. The molecule has 6 nitrogen and oxygen atoms in total. The number of aromatic nitrogens is 3. The van der Waals surface area contributed by atoms with Gasteiger partial charge in [-0.3, -0.25) is 4.79 Å². The summed E-state index contributed by atoms with van der Waals surface area (Å²) in [5, 5.41) is 11.1. The number of ether oxygens (including phenoxy) is 1. The molecule has 6 heteroatoms. The van der Waals surface area contributed by atoms with E-state index in [9.17, 15) is 9.90 Å². The van der Waals surface area contributed by atoms with Crippen LogP contribution in [0.4, 0.5) is 0 Å². The van der Waals surface area contributed by atoms with Crippen LogP contribution in [0.1, 0.15) is 37.0 Å². The monoisotopic (exact) mass is 339 g/mol. The Kier molecular flexibility index (Phi) is 4.08. The molecule has 0 aliphatic heterocycles. The third-order valence-electron chi connectivity index (χ3n) is 4.17. The minimum atomic E-state index is -1.13. The van der Waals surface area contributed by atoms with E-state index < -0.39 is 5.60 Å². The molecule has 0 aliphatic carbocycles. The van der Waals surface area contributed by atoms with Gasteiger partial charge in [0.1, 0.15) is 11.4 Å². The third-order valence-corrected chi connectivity index (χ3v) is 4.17. The van der Waals surface area contributed by atoms with Gasteiger partial charge in [-0.05, 0) is 32.9 Å². The van der Waals surface area contributed by atoms with E-state index >= 15 is 0 Å². The Morgan fingerprint density at radius 1 is 1.32 bits per heavy atom. The lowest BCUT2D eigenvalue weighted by atomic mass is 10.0. The maximum atomic E-state index is 12.0. The Morgan fingerprint density at radius 2 is 2.04 bits per heavy atom. The first-order valence-corrected chi connectivity index (χ1v) is 7.96. The number of carbonyl (C=O) groups excluding carboxylic acids is 1. The number of aliphatic hydroxyl groups is 1. The summed E-state index contributed by atoms with van der Waals surface area (Å²) in [6.45, 7) is 4.81. The minimum Gasteiger partial charge on any atom is -0.496 e. The standard InChI is InChI=1S/C19H21N3O3/c1-11(23)12-8-13-14(10-22(4)16(13)9-17(12)25-5)15-6-7-20-18(21-15)19(2,3)24/h6-10,24H,1-5H3. The quantitative estimate of drug-likeness (QED) is 0.739. The number of benzene rings is 1. The molecule has 3 aromatic rings. The smallest absolute Gasteiger partial charge is 0.163 e. The van der Waals surface area contributed by atoms with Gasteiger partial charge in [0.05, 0.1) is 23.9 Å². The second kappa shape index (κ2) is 5.97. The normalized spacial score (nSPS) is 11.8. The summed E-state index contributed by atoms with van der Waals surface area (Å²) in [6, 6.07) is 5.48. The van der Waals surface area contributed by atoms with Gasteiger partial charge >= 0.3 is 0 Å². The Hall–Kier alpha value is -2.73. The van der Waals surface area contributed by atoms with Crippen LogP contribution in [0, 0.1) is 0 Å². The van der Waals surface area contributed by atoms with Crippen molar-refractivity contribution in [3.8, 4) is 17.0 Å². The first-order chi connectivity index (χ1) is 11.7. The molecule has 1 N–H and O–H groups in total. The molecular weight excluding hydrogens is 318 g/mol. The van der Waals surface area contributed by atoms with Gasteiger partial charge in [0, 0.05) is 36.5 Å². The predicted molar refractivity (Wildman–Crippen MR) is 95.7 cm³/mol. The second-order valence-corrected chi connectivity index (χ2v) is 6.60. The molecule has 2 heterocycles. The predicted octanol–water partition coefficient (Wildman–Crippen LogP) is 3.07. The molecular formula is C19H21N3O3. The molecule has 0 atom stereocenters. The highest BCUT2D eigenvalue weighted by Crippen LogP contribution is 2.34. The van der Waals surface area contributed by atoms with E-state index in [-0.39, 0.29) is 5.78 Å². The van der Waals surface area contributed by atoms with Gasteiger partial charge in [-0.2, -0.15) is 0 Å². The van der Waals surface area contributed by atoms with Gasteiger partial charge in [-0.25, -0.2) is 9.97 Å². The lowest BCUT2D eigenvalue weighted by Crippen LogP contribution is -2.19. The average molecular weight is 339 g/mol. The highest BCUT2D eigenvalue weighted by molar-refractivity contribution is 6.04. The van der Waals surface area contributed by atoms with Crippen molar-refractivity contribution in [2.75, 3.05) is 7.11 Å². The van der Waals surface area contributed by atoms with Crippen molar-refractivity contribution in [1.82, 2.24) is 14.5 Å². The molecule has 0 amide bonds. The number of ketones is 1. The van der Waals surface area contributed by atoms with Crippen molar-refractivity contribution >= 4 is 16.7 Å². The van der Waals surface area contributed by atoms with Crippen LogP contribution in [0.2, 0.25) is 0 Å². The van der Waals surface area contributed by atoms with Crippen LogP contribution in [-0.2, 0) is 12.6 Å². The molecule has 2 aromatic heterocycles. The zero-order valence-electron chi connectivity index (χ0n) is 15.0. The van der Waals surface area contributed by atoms with Gasteiger partial charge in [0.25, 0.3) is 0 Å². The van der Waals surface area contributed by atoms with E-state index in [2.05, 4.69) is 9.97 Å². The Bertz CT molecular complexity index is 968. The summed E-state index contributed by atoms with van der Waals surface area (Å²) in [7, 11) is 3.48. The van der Waals surface area contributed by atoms with Crippen LogP contribution < -0.4 is 4.74 Å². The molecule has 25 heavy (non-hydrogen) atoms. The third kappa shape index (κ3) is 3.00. The molecule has 0 spiro atoms. The summed E-state index contributed by atoms with van der Waals surface area (Å²) in [5.74, 6) is 0.836. The first kappa shape index (κ1) is 17.1. The highest BCUT2D eigenvalue weighted by atomic mass is 16.5. The van der Waals surface area contributed by atoms with Crippen molar-refractivity contribution < 1.29 is 14.6 Å². The Morgan fingerprint density at radius 3 is 2.64 bits per heavy atom. The number of fused-ring (bicyclic) bond motifs is 1. The van der Waals surface area contributed by atoms with Crippen LogP contribution in [0.3, 0.4) is 0 Å². The number of methoxy groups -OCH3 is 1. The fourth-order valence-corrected chi connectivity index (χ4v) is 2.86. The van der Waals surface area contributed by atoms with Crippen LogP contribution >= 0.6 is 0 Å². The fourth-order valence-electron chi connectivity index (χ4n) is 2.86. The summed E-state index contributed by atoms with van der Waals surface area (Å²) >= 11 is 0. The second-order valence-electron chi connectivity index (χ2n) is 6.60. The fraction of sp³-hybridized carbons (Fsp3) is 0.316. The zero-order chi connectivity index (χ0) is 18.4. The van der Waals surface area contributed by atoms with Gasteiger partial charge in [0.2, 0.25) is 0 Å². The Balaban J connectivity index is 2.27. The number of rotatable bonds is 4. The van der Waals surface area contributed by atoms with Crippen molar-refractivity contribution in [2.24, 2.45) is 7.05 Å². The van der Waals surface area contributed by atoms with E-state index in [0.717, 1.165) is 16.5 Å². The van der Waals surface area contributed by atoms with Crippen molar-refractivity contribution in [3.63, 3.8) is 0 Å². The summed E-state index contributed by atoms with van der Waals surface area (Å²) < 4.78 is 7.32. The maximum Gasteiger partial charge on any atom is 0.163 e. The lowest BCUT2D eigenvalue weighted by Gasteiger charge is -2.15. The van der Waals surface area contributed by atoms with Crippen molar-refractivity contribution in [1.29, 1.82) is 0 Å². The van der Waals surface area contributed by atoms with Crippen LogP contribution in [0.5, 0.6) is 5.75 Å². The molecule has 0 saturated carbocycles. The summed E-state index contributed by atoms with van der Waals surface area (Å²) in [5.41, 5.74) is 1.89. The topological polar surface area (TPSA) is 77.2 Å². The van der Waals surface area contributed by atoms with Crippen LogP contribution in [-0.4, -0.2) is 32.5 Å². The number of nitrogens with zero attached hydrogens (tertiary/aromatic N) is 3. The van der Waals surface area contributed by atoms with Crippen LogP contribution in [0.15, 0.2) is 30.6 Å². The largest absolute Gasteiger partial charge is 0.496 e. The summed E-state index contributed by atoms with van der Waals surface area (Å²) in [6.07, 6.45) is 3.58. The molecule has 0 aliphatic rings. The maximum absolute atomic E-state index is 12.0. The molecule has 130 valence electrons. The van der Waals surface area contributed by atoms with Gasteiger partial charge in [-0.15, -0.1) is 0 Å². The van der Waals surface area contributed by atoms with E-state index in [0.29, 0.717) is 22.8 Å². The average Bonchev–Trinajstić information content (AvgIpc) is 2.89. The van der Waals surface area contributed by atoms with E-state index in [1.54, 1.807) is 33.2 Å². The number of carbonyl (C=O) groups is 1. The van der Waals surface area contributed by atoms with Crippen LogP contribution in [0.25, 0.3) is 22.2 Å². The molecule has 0 unspecified atom stereocenters. The lowest BCUT2D eigenvalue weighted by molar-refractivity contribution is 0.0688. The van der Waals surface area contributed by atoms with E-state index in [4.69, 9.17) is 4.74 Å². The molecule has 0 bridgehead atoms. The molecule has 0 saturated heterocycles. The molecule has 3 rings (SSSR count). The zero-order valence-corrected chi connectivity index (χ0v) is 15.0. The minimum absolute atomic E-state index is 0.0616. The molecule has 0 radical (unpaired) electrons. The van der Waals surface area contributed by atoms with Gasteiger partial charge in [0.15, 0.2) is 11.6 Å². The number of hydrogen-bond acceptors (Lipinski definition) is 5. The molecule has 1 aromatic carbocycles. The van der Waals surface area contributed by atoms with E-state index in [1.807, 2.05) is 29.9 Å². The molecule has 0 fully saturated rings. The van der Waals surface area contributed by atoms with E-state index in [1.165, 1.54) is 6.92 Å². The summed E-state index contributed by atoms with van der Waals surface area (Å²) in [4.78, 5) is 20.6. The number of hydrogen-bond donors (Lipinski definition) is 1. The van der Waals surface area contributed by atoms with Crippen molar-refractivity contribution in [3.05, 3.63) is 42.0 Å². The number of Topliss-reactive ketones (excluding diaryl/α,β-unsaturated/α-hetero) is 1. The van der Waals surface area contributed by atoms with Crippen molar-refractivity contribution in [2.45, 2.75) is 26.4 Å². The first-order valence-electron chi connectivity index (χ1n) is 7.96. The highest BCUT2D eigenvalue weighted by Gasteiger charge is 2.21. The van der Waals surface area contributed by atoms with Gasteiger partial charge in [-0.1, -0.05) is 0 Å². The Labute approximate surface area is 146 Å². The van der Waals surface area contributed by atoms with Gasteiger partial charge < -0.3 is 14.4 Å². The SMILES string of the molecule is COc1cc2c(cc1C(C)=O)c(-c1ccnc(C(C)(C)O)n1)cn2C.